The molecular weight excluding hydrogens is 416 g/mol. The van der Waals surface area contributed by atoms with Gasteiger partial charge in [0.1, 0.15) is 5.60 Å². The molecule has 2 heterocycles. The van der Waals surface area contributed by atoms with Crippen LogP contribution in [-0.2, 0) is 9.53 Å². The molecule has 0 saturated carbocycles. The Labute approximate surface area is 199 Å². The summed E-state index contributed by atoms with van der Waals surface area (Å²) in [6.07, 6.45) is -0.327. The van der Waals surface area contributed by atoms with Gasteiger partial charge in [0, 0.05) is 56.4 Å². The van der Waals surface area contributed by atoms with Crippen molar-refractivity contribution in [2.45, 2.75) is 66.2 Å². The van der Waals surface area contributed by atoms with E-state index in [4.69, 9.17) is 4.74 Å². The predicted molar refractivity (Wildman–Crippen MR) is 132 cm³/mol. The molecule has 33 heavy (non-hydrogen) atoms. The van der Waals surface area contributed by atoms with Crippen LogP contribution < -0.4 is 4.90 Å². The van der Waals surface area contributed by atoms with Crippen molar-refractivity contribution in [2.24, 2.45) is 5.41 Å². The fraction of sp³-hybridized carbons (Fsp3) is 0.692. The largest absolute Gasteiger partial charge is 0.444 e. The van der Waals surface area contributed by atoms with E-state index in [9.17, 15) is 9.59 Å². The van der Waals surface area contributed by atoms with Gasteiger partial charge in [-0.2, -0.15) is 0 Å². The predicted octanol–water partition coefficient (Wildman–Crippen LogP) is 3.99. The smallest absolute Gasteiger partial charge is 0.410 e. The highest BCUT2D eigenvalue weighted by atomic mass is 16.6. The summed E-state index contributed by atoms with van der Waals surface area (Å²) in [6, 6.07) is 8.11. The highest BCUT2D eigenvalue weighted by Gasteiger charge is 2.41. The Morgan fingerprint density at radius 1 is 0.939 bits per heavy atom. The lowest BCUT2D eigenvalue weighted by Crippen LogP contribution is -2.59. The molecule has 2 fully saturated rings. The van der Waals surface area contributed by atoms with Crippen molar-refractivity contribution < 1.29 is 14.3 Å². The summed E-state index contributed by atoms with van der Waals surface area (Å²) in [6.45, 7) is 18.4. The standard InChI is InChI=1S/C26H42N4O3/c1-19-17-30(24(32)33-26(5,6)7)22(18-29(19)23(31)25(2,3)4)20-10-9-11-21(16-20)28-14-12-27(8)13-15-28/h9-11,16,19,22H,12-15,17-18H2,1-8H3/t19-,22-/m1/s1. The zero-order valence-corrected chi connectivity index (χ0v) is 21.7. The minimum atomic E-state index is -0.578. The lowest BCUT2D eigenvalue weighted by Gasteiger charge is -2.47. The molecule has 2 aliphatic heterocycles. The molecule has 0 aliphatic carbocycles. The first-order valence-corrected chi connectivity index (χ1v) is 12.1. The van der Waals surface area contributed by atoms with Gasteiger partial charge in [0.15, 0.2) is 0 Å². The number of amides is 2. The van der Waals surface area contributed by atoms with Crippen LogP contribution in [0, 0.1) is 5.41 Å². The van der Waals surface area contributed by atoms with Crippen molar-refractivity contribution in [1.82, 2.24) is 14.7 Å². The summed E-state index contributed by atoms with van der Waals surface area (Å²) in [5, 5.41) is 0. The van der Waals surface area contributed by atoms with Crippen LogP contribution in [0.15, 0.2) is 24.3 Å². The summed E-state index contributed by atoms with van der Waals surface area (Å²) in [5.74, 6) is 0.110. The Morgan fingerprint density at radius 3 is 2.15 bits per heavy atom. The molecule has 1 aromatic carbocycles. The first-order chi connectivity index (χ1) is 15.3. The third-order valence-electron chi connectivity index (χ3n) is 6.39. The molecule has 0 N–H and O–H groups in total. The topological polar surface area (TPSA) is 56.3 Å². The van der Waals surface area contributed by atoms with E-state index in [1.807, 2.05) is 58.3 Å². The van der Waals surface area contributed by atoms with Crippen LogP contribution in [0.1, 0.15) is 60.1 Å². The number of carbonyl (C=O) groups is 2. The first kappa shape index (κ1) is 25.3. The number of benzene rings is 1. The maximum absolute atomic E-state index is 13.2. The van der Waals surface area contributed by atoms with Gasteiger partial charge >= 0.3 is 6.09 Å². The molecule has 0 spiro atoms. The van der Waals surface area contributed by atoms with Crippen molar-refractivity contribution in [3.8, 4) is 0 Å². The maximum Gasteiger partial charge on any atom is 0.410 e. The number of hydrogen-bond acceptors (Lipinski definition) is 5. The number of rotatable bonds is 2. The van der Waals surface area contributed by atoms with E-state index in [0.29, 0.717) is 13.1 Å². The third-order valence-corrected chi connectivity index (χ3v) is 6.39. The number of ether oxygens (including phenoxy) is 1. The van der Waals surface area contributed by atoms with Crippen LogP contribution in [-0.4, -0.2) is 84.7 Å². The number of hydrogen-bond donors (Lipinski definition) is 0. The number of likely N-dealkylation sites (N-methyl/N-ethyl adjacent to an activating group) is 1. The van der Waals surface area contributed by atoms with Crippen LogP contribution >= 0.6 is 0 Å². The Hall–Kier alpha value is -2.28. The average molecular weight is 459 g/mol. The molecule has 7 nitrogen and oxygen atoms in total. The molecule has 7 heteroatoms. The van der Waals surface area contributed by atoms with Crippen LogP contribution in [0.25, 0.3) is 0 Å². The summed E-state index contributed by atoms with van der Waals surface area (Å²) < 4.78 is 5.77. The Morgan fingerprint density at radius 2 is 1.58 bits per heavy atom. The zero-order chi connectivity index (χ0) is 24.6. The molecule has 0 bridgehead atoms. The lowest BCUT2D eigenvalue weighted by atomic mass is 9.91. The Balaban J connectivity index is 1.93. The fourth-order valence-corrected chi connectivity index (χ4v) is 4.49. The normalized spacial score (nSPS) is 23.0. The minimum Gasteiger partial charge on any atom is -0.444 e. The molecule has 0 radical (unpaired) electrons. The maximum atomic E-state index is 13.2. The minimum absolute atomic E-state index is 0.0821. The molecule has 2 amide bonds. The zero-order valence-electron chi connectivity index (χ0n) is 21.7. The molecule has 1 aromatic rings. The quantitative estimate of drug-likeness (QED) is 0.671. The molecule has 184 valence electrons. The SMILES string of the molecule is C[C@@H]1CN(C(=O)OC(C)(C)C)[C@@H](c2cccc(N3CCN(C)CC3)c2)CN1C(=O)C(C)(C)C. The first-order valence-electron chi connectivity index (χ1n) is 12.1. The lowest BCUT2D eigenvalue weighted by molar-refractivity contribution is -0.145. The van der Waals surface area contributed by atoms with Crippen molar-refractivity contribution in [1.29, 1.82) is 0 Å². The second kappa shape index (κ2) is 9.53. The second-order valence-electron chi connectivity index (χ2n) is 11.6. The van der Waals surface area contributed by atoms with Gasteiger partial charge in [-0.1, -0.05) is 32.9 Å². The van der Waals surface area contributed by atoms with Gasteiger partial charge in [-0.3, -0.25) is 9.69 Å². The Kier molecular flexibility index (Phi) is 7.32. The van der Waals surface area contributed by atoms with E-state index >= 15 is 0 Å². The third kappa shape index (κ3) is 6.19. The van der Waals surface area contributed by atoms with Crippen LogP contribution in [0.5, 0.6) is 0 Å². The molecule has 2 aliphatic rings. The van der Waals surface area contributed by atoms with E-state index in [1.165, 1.54) is 0 Å². The van der Waals surface area contributed by atoms with E-state index < -0.39 is 11.0 Å². The van der Waals surface area contributed by atoms with Crippen molar-refractivity contribution in [3.05, 3.63) is 29.8 Å². The van der Waals surface area contributed by atoms with Crippen LogP contribution in [0.2, 0.25) is 0 Å². The number of carbonyl (C=O) groups excluding carboxylic acids is 2. The van der Waals surface area contributed by atoms with Gasteiger partial charge in [-0.15, -0.1) is 0 Å². The van der Waals surface area contributed by atoms with Gasteiger partial charge in [0.2, 0.25) is 5.91 Å². The highest BCUT2D eigenvalue weighted by molar-refractivity contribution is 5.82. The molecule has 2 saturated heterocycles. The van der Waals surface area contributed by atoms with Crippen LogP contribution in [0.4, 0.5) is 10.5 Å². The Bertz CT molecular complexity index is 850. The van der Waals surface area contributed by atoms with Gasteiger partial charge in [0.25, 0.3) is 0 Å². The number of piperazine rings is 2. The molecule has 0 aromatic heterocycles. The van der Waals surface area contributed by atoms with E-state index in [0.717, 1.165) is 37.4 Å². The second-order valence-corrected chi connectivity index (χ2v) is 11.6. The van der Waals surface area contributed by atoms with Crippen molar-refractivity contribution in [2.75, 3.05) is 51.2 Å². The summed E-state index contributed by atoms with van der Waals surface area (Å²) in [5.41, 5.74) is 1.15. The van der Waals surface area contributed by atoms with Crippen LogP contribution in [0.3, 0.4) is 0 Å². The van der Waals surface area contributed by atoms with Gasteiger partial charge in [0.05, 0.1) is 6.04 Å². The van der Waals surface area contributed by atoms with E-state index in [-0.39, 0.29) is 24.1 Å². The average Bonchev–Trinajstić information content (AvgIpc) is 2.72. The van der Waals surface area contributed by atoms with E-state index in [2.05, 4.69) is 41.1 Å². The molecule has 2 atom stereocenters. The number of anilines is 1. The van der Waals surface area contributed by atoms with Gasteiger partial charge in [-0.25, -0.2) is 4.79 Å². The number of nitrogens with zero attached hydrogens (tertiary/aromatic N) is 4. The summed E-state index contributed by atoms with van der Waals surface area (Å²) >= 11 is 0. The van der Waals surface area contributed by atoms with Crippen molar-refractivity contribution in [3.63, 3.8) is 0 Å². The molecule has 3 rings (SSSR count). The van der Waals surface area contributed by atoms with Gasteiger partial charge in [-0.05, 0) is 52.4 Å². The monoisotopic (exact) mass is 458 g/mol. The molecular formula is C26H42N4O3. The molecule has 0 unspecified atom stereocenters. The fourth-order valence-electron chi connectivity index (χ4n) is 4.49. The van der Waals surface area contributed by atoms with Crippen molar-refractivity contribution >= 4 is 17.7 Å². The van der Waals surface area contributed by atoms with Gasteiger partial charge < -0.3 is 19.4 Å². The van der Waals surface area contributed by atoms with E-state index in [1.54, 1.807) is 0 Å². The highest BCUT2D eigenvalue weighted by Crippen LogP contribution is 2.34. The summed E-state index contributed by atoms with van der Waals surface area (Å²) in [7, 11) is 2.15. The summed E-state index contributed by atoms with van der Waals surface area (Å²) in [4.78, 5) is 34.9.